The molecule has 208 valence electrons. The molecule has 0 amide bonds. The highest BCUT2D eigenvalue weighted by molar-refractivity contribution is 14.1. The molecule has 8 heteroatoms. The van der Waals surface area contributed by atoms with Crippen molar-refractivity contribution >= 4 is 68.3 Å². The van der Waals surface area contributed by atoms with Crippen LogP contribution in [-0.2, 0) is 13.0 Å². The summed E-state index contributed by atoms with van der Waals surface area (Å²) in [6.45, 7) is 0.427. The van der Waals surface area contributed by atoms with Crippen molar-refractivity contribution in [3.63, 3.8) is 0 Å². The summed E-state index contributed by atoms with van der Waals surface area (Å²) in [6.07, 6.45) is 3.58. The molecule has 4 nitrogen and oxygen atoms in total. The molecule has 7 rings (SSSR count). The number of ether oxygens (including phenoxy) is 1. The van der Waals surface area contributed by atoms with E-state index in [4.69, 9.17) is 9.73 Å². The summed E-state index contributed by atoms with van der Waals surface area (Å²) in [5.41, 5.74) is 7.06. The van der Waals surface area contributed by atoms with Crippen LogP contribution in [0.3, 0.4) is 0 Å². The standard InChI is InChI=1S/C34H23FI2N2O2S/c35-24-13-10-22(11-14-24)31-27-15-12-21-8-4-5-9-26(21)30(27)38-34-39(31)33(40)29(42-34)17-23-16-25(36)18-28(37)32(23)41-19-20-6-2-1-3-7-20/h1-11,13-14,16-18,31H,12,15,19H2/b29-17-. The van der Waals surface area contributed by atoms with Gasteiger partial charge in [0.15, 0.2) is 4.80 Å². The summed E-state index contributed by atoms with van der Waals surface area (Å²) in [4.78, 5) is 19.9. The van der Waals surface area contributed by atoms with Crippen LogP contribution in [-0.4, -0.2) is 4.57 Å². The number of halogens is 3. The fourth-order valence-corrected chi connectivity index (χ4v) is 8.72. The third-order valence-electron chi connectivity index (χ3n) is 7.61. The Bertz CT molecular complexity index is 2050. The zero-order valence-corrected chi connectivity index (χ0v) is 27.3. The molecule has 4 aromatic carbocycles. The third-order valence-corrected chi connectivity index (χ3v) is 10.0. The molecule has 0 fully saturated rings. The van der Waals surface area contributed by atoms with Gasteiger partial charge in [-0.25, -0.2) is 9.38 Å². The van der Waals surface area contributed by atoms with Crippen LogP contribution < -0.4 is 19.6 Å². The molecule has 0 spiro atoms. The van der Waals surface area contributed by atoms with Gasteiger partial charge in [0.25, 0.3) is 5.56 Å². The van der Waals surface area contributed by atoms with E-state index in [0.29, 0.717) is 15.9 Å². The lowest BCUT2D eigenvalue weighted by Crippen LogP contribution is -2.38. The van der Waals surface area contributed by atoms with E-state index >= 15 is 0 Å². The van der Waals surface area contributed by atoms with Crippen molar-refractivity contribution in [1.82, 2.24) is 4.57 Å². The van der Waals surface area contributed by atoms with Gasteiger partial charge in [0.1, 0.15) is 18.2 Å². The van der Waals surface area contributed by atoms with Gasteiger partial charge in [-0.15, -0.1) is 0 Å². The molecule has 1 unspecified atom stereocenters. The molecular formula is C34H23FI2N2O2S. The van der Waals surface area contributed by atoms with Crippen molar-refractivity contribution in [2.24, 2.45) is 4.99 Å². The summed E-state index contributed by atoms with van der Waals surface area (Å²) in [6, 6.07) is 28.6. The molecule has 2 heterocycles. The summed E-state index contributed by atoms with van der Waals surface area (Å²) < 4.78 is 24.7. The van der Waals surface area contributed by atoms with Gasteiger partial charge in [0.2, 0.25) is 0 Å². The van der Waals surface area contributed by atoms with E-state index in [-0.39, 0.29) is 17.4 Å². The first-order chi connectivity index (χ1) is 20.5. The van der Waals surface area contributed by atoms with Gasteiger partial charge in [0, 0.05) is 14.7 Å². The smallest absolute Gasteiger partial charge is 0.271 e. The summed E-state index contributed by atoms with van der Waals surface area (Å²) in [7, 11) is 0. The number of aromatic nitrogens is 1. The second-order valence-corrected chi connectivity index (χ2v) is 13.7. The number of aryl methyl sites for hydroxylation is 1. The first-order valence-electron chi connectivity index (χ1n) is 13.5. The summed E-state index contributed by atoms with van der Waals surface area (Å²) in [5.74, 6) is 0.444. The van der Waals surface area contributed by atoms with E-state index in [0.717, 1.165) is 59.3 Å². The minimum absolute atomic E-state index is 0.110. The first kappa shape index (κ1) is 27.7. The average Bonchev–Trinajstić information content (AvgIpc) is 3.30. The van der Waals surface area contributed by atoms with Crippen LogP contribution in [0.25, 0.3) is 11.8 Å². The third kappa shape index (κ3) is 5.17. The van der Waals surface area contributed by atoms with Crippen molar-refractivity contribution in [2.45, 2.75) is 25.5 Å². The highest BCUT2D eigenvalue weighted by atomic mass is 127. The van der Waals surface area contributed by atoms with Crippen molar-refractivity contribution < 1.29 is 9.13 Å². The number of allylic oxidation sites excluding steroid dienone is 1. The monoisotopic (exact) mass is 796 g/mol. The van der Waals surface area contributed by atoms with E-state index in [1.54, 1.807) is 16.7 Å². The maximum absolute atomic E-state index is 14.2. The van der Waals surface area contributed by atoms with Gasteiger partial charge in [0.05, 0.1) is 19.8 Å². The zero-order valence-electron chi connectivity index (χ0n) is 22.2. The topological polar surface area (TPSA) is 43.6 Å². The Morgan fingerprint density at radius 3 is 2.55 bits per heavy atom. The van der Waals surface area contributed by atoms with Crippen molar-refractivity contribution in [1.29, 1.82) is 0 Å². The number of benzene rings is 4. The molecule has 1 aliphatic heterocycles. The maximum Gasteiger partial charge on any atom is 0.271 e. The van der Waals surface area contributed by atoms with Crippen molar-refractivity contribution in [3.05, 3.63) is 157 Å². The zero-order chi connectivity index (χ0) is 28.8. The SMILES string of the molecule is O=c1/c(=C/c2cc(I)cc(I)c2OCc2ccccc2)sc2n1C(c1ccc(F)cc1)C1=C(N=2)c2ccccc2CC1. The fourth-order valence-electron chi connectivity index (χ4n) is 5.68. The second kappa shape index (κ2) is 11.5. The van der Waals surface area contributed by atoms with Crippen LogP contribution in [0.15, 0.2) is 106 Å². The minimum atomic E-state index is -0.350. The summed E-state index contributed by atoms with van der Waals surface area (Å²) in [5, 5.41) is 0. The Labute approximate surface area is 273 Å². The predicted molar refractivity (Wildman–Crippen MR) is 182 cm³/mol. The van der Waals surface area contributed by atoms with Gasteiger partial charge in [-0.05, 0) is 111 Å². The van der Waals surface area contributed by atoms with Crippen LogP contribution in [0.1, 0.15) is 40.3 Å². The highest BCUT2D eigenvalue weighted by Gasteiger charge is 2.32. The molecular weight excluding hydrogens is 773 g/mol. The summed E-state index contributed by atoms with van der Waals surface area (Å²) >= 11 is 5.97. The van der Waals surface area contributed by atoms with Gasteiger partial charge >= 0.3 is 0 Å². The number of nitrogens with zero attached hydrogens (tertiary/aromatic N) is 2. The average molecular weight is 796 g/mol. The fraction of sp³-hybridized carbons (Fsp3) is 0.118. The van der Waals surface area contributed by atoms with Crippen molar-refractivity contribution in [3.8, 4) is 5.75 Å². The molecule has 1 aromatic heterocycles. The minimum Gasteiger partial charge on any atom is -0.487 e. The van der Waals surface area contributed by atoms with Gasteiger partial charge in [-0.1, -0.05) is 78.1 Å². The van der Waals surface area contributed by atoms with E-state index < -0.39 is 0 Å². The predicted octanol–water partition coefficient (Wildman–Crippen LogP) is 7.25. The van der Waals surface area contributed by atoms with E-state index in [9.17, 15) is 9.18 Å². The highest BCUT2D eigenvalue weighted by Crippen LogP contribution is 2.41. The molecule has 0 saturated carbocycles. The lowest BCUT2D eigenvalue weighted by molar-refractivity contribution is 0.303. The molecule has 5 aromatic rings. The molecule has 1 atom stereocenters. The Kier molecular flexibility index (Phi) is 7.62. The molecule has 0 bridgehead atoms. The lowest BCUT2D eigenvalue weighted by Gasteiger charge is -2.30. The largest absolute Gasteiger partial charge is 0.487 e. The molecule has 2 aliphatic rings. The lowest BCUT2D eigenvalue weighted by atomic mass is 9.83. The first-order valence-corrected chi connectivity index (χ1v) is 16.5. The van der Waals surface area contributed by atoms with Crippen molar-refractivity contribution in [2.75, 3.05) is 0 Å². The number of fused-ring (bicyclic) bond motifs is 3. The second-order valence-electron chi connectivity index (χ2n) is 10.2. The van der Waals surface area contributed by atoms with E-state index in [2.05, 4.69) is 69.4 Å². The van der Waals surface area contributed by atoms with Crippen LogP contribution in [0.5, 0.6) is 5.75 Å². The molecule has 42 heavy (non-hydrogen) atoms. The molecule has 0 radical (unpaired) electrons. The number of thiazole rings is 1. The normalized spacial score (nSPS) is 16.0. The van der Waals surface area contributed by atoms with Gasteiger partial charge < -0.3 is 4.74 Å². The van der Waals surface area contributed by atoms with E-state index in [1.807, 2.05) is 48.5 Å². The van der Waals surface area contributed by atoms with Crippen LogP contribution in [0.2, 0.25) is 0 Å². The molecule has 0 saturated heterocycles. The maximum atomic E-state index is 14.2. The molecule has 1 aliphatic carbocycles. The number of hydrogen-bond donors (Lipinski definition) is 0. The van der Waals surface area contributed by atoms with Crippen LogP contribution in [0, 0.1) is 13.0 Å². The van der Waals surface area contributed by atoms with E-state index in [1.165, 1.54) is 29.0 Å². The Balaban J connectivity index is 1.40. The Hall–Kier alpha value is -3.09. The van der Waals surface area contributed by atoms with Crippen LogP contribution in [0.4, 0.5) is 4.39 Å². The number of hydrogen-bond acceptors (Lipinski definition) is 4. The Morgan fingerprint density at radius 1 is 0.976 bits per heavy atom. The van der Waals surface area contributed by atoms with Gasteiger partial charge in [-0.3, -0.25) is 9.36 Å². The number of rotatable bonds is 5. The van der Waals surface area contributed by atoms with Crippen LogP contribution >= 0.6 is 56.5 Å². The quantitative estimate of drug-likeness (QED) is 0.176. The van der Waals surface area contributed by atoms with Gasteiger partial charge in [-0.2, -0.15) is 0 Å². The molecule has 0 N–H and O–H groups in total. The Morgan fingerprint density at radius 2 is 1.74 bits per heavy atom.